The van der Waals surface area contributed by atoms with E-state index in [0.717, 1.165) is 30.6 Å². The van der Waals surface area contributed by atoms with Crippen LogP contribution in [0.1, 0.15) is 52.1 Å². The second kappa shape index (κ2) is 6.70. The average molecular weight is 327 g/mol. The van der Waals surface area contributed by atoms with Gasteiger partial charge in [-0.1, -0.05) is 13.8 Å². The van der Waals surface area contributed by atoms with Gasteiger partial charge in [-0.25, -0.2) is 0 Å². The molecule has 0 radical (unpaired) electrons. The molecule has 1 saturated heterocycles. The third kappa shape index (κ3) is 3.20. The predicted octanol–water partition coefficient (Wildman–Crippen LogP) is 3.03. The lowest BCUT2D eigenvalue weighted by atomic mass is 9.79. The van der Waals surface area contributed by atoms with E-state index in [1.807, 2.05) is 0 Å². The Bertz CT molecular complexity index is 734. The number of rotatable bonds is 4. The summed E-state index contributed by atoms with van der Waals surface area (Å²) < 4.78 is 54.4. The Hall–Kier alpha value is -1.26. The SMILES string of the molecule is [2H][13C]([2H])([2H])Oc1cc2c(cc1O[13C]([2H])([2H])[2H])[C@@H]1C[C@@H](O)[C@@H](CC(C)C)CN1CC2. The number of fused-ring (bicyclic) bond motifs is 3. The maximum absolute atomic E-state index is 10.7. The first-order valence-electron chi connectivity index (χ1n) is 11.3. The second-order valence-electron chi connectivity index (χ2n) is 7.16. The molecule has 128 valence electrons. The normalized spacial score (nSPS) is 32.4. The van der Waals surface area contributed by atoms with Crippen LogP contribution >= 0.6 is 0 Å². The quantitative estimate of drug-likeness (QED) is 0.863. The molecule has 0 unspecified atom stereocenters. The highest BCUT2D eigenvalue weighted by Gasteiger charge is 2.38. The zero-order valence-electron chi connectivity index (χ0n) is 19.7. The van der Waals surface area contributed by atoms with Gasteiger partial charge in [0.1, 0.15) is 0 Å². The van der Waals surface area contributed by atoms with E-state index in [1.165, 1.54) is 0 Å². The third-order valence-electron chi connectivity index (χ3n) is 5.15. The number of benzene rings is 1. The van der Waals surface area contributed by atoms with Crippen LogP contribution in [0.5, 0.6) is 11.5 Å². The molecule has 0 bridgehead atoms. The van der Waals surface area contributed by atoms with Crippen molar-refractivity contribution in [3.63, 3.8) is 0 Å². The van der Waals surface area contributed by atoms with E-state index in [0.29, 0.717) is 18.8 Å². The Balaban J connectivity index is 1.94. The molecule has 0 amide bonds. The van der Waals surface area contributed by atoms with Crippen molar-refractivity contribution < 1.29 is 22.8 Å². The van der Waals surface area contributed by atoms with Gasteiger partial charge in [-0.05, 0) is 54.4 Å². The molecule has 0 aromatic heterocycles. The Morgan fingerprint density at radius 3 is 2.74 bits per heavy atom. The molecule has 2 aliphatic heterocycles. The van der Waals surface area contributed by atoms with Crippen LogP contribution in [0, 0.1) is 11.8 Å². The zero-order chi connectivity index (χ0) is 21.6. The standard InChI is InChI=1S/C19H29NO3/c1-12(2)7-14-11-20-6-5-13-8-18(22-3)19(23-4)9-15(13)16(20)10-17(14)21/h8-9,12,14,16-17,21H,5-7,10-11H2,1-4H3/t14-,16-,17+/m0/s1/i3+1D3,4+1D3. The van der Waals surface area contributed by atoms with E-state index in [1.54, 1.807) is 12.1 Å². The van der Waals surface area contributed by atoms with E-state index in [4.69, 9.17) is 17.7 Å². The monoisotopic (exact) mass is 327 g/mol. The minimum absolute atomic E-state index is 0.0575. The summed E-state index contributed by atoms with van der Waals surface area (Å²) in [6.07, 6.45) is 1.77. The van der Waals surface area contributed by atoms with Gasteiger partial charge >= 0.3 is 0 Å². The molecule has 4 nitrogen and oxygen atoms in total. The fourth-order valence-electron chi connectivity index (χ4n) is 4.10. The maximum Gasteiger partial charge on any atom is 0.161 e. The fraction of sp³-hybridized carbons (Fsp3) is 0.684. The summed E-state index contributed by atoms with van der Waals surface area (Å²) in [5.74, 6) is 0.508. The summed E-state index contributed by atoms with van der Waals surface area (Å²) in [4.78, 5) is 2.32. The van der Waals surface area contributed by atoms with Crippen molar-refractivity contribution in [2.45, 2.75) is 45.3 Å². The molecule has 0 spiro atoms. The molecule has 0 aliphatic carbocycles. The van der Waals surface area contributed by atoms with E-state index in [9.17, 15) is 5.11 Å². The summed E-state index contributed by atoms with van der Waals surface area (Å²) in [5, 5.41) is 10.7. The van der Waals surface area contributed by atoms with E-state index in [-0.39, 0.29) is 23.5 Å². The van der Waals surface area contributed by atoms with Gasteiger partial charge in [-0.15, -0.1) is 0 Å². The lowest BCUT2D eigenvalue weighted by molar-refractivity contribution is -0.0191. The molecule has 2 aliphatic rings. The fourth-order valence-corrected chi connectivity index (χ4v) is 4.10. The lowest BCUT2D eigenvalue weighted by Gasteiger charge is -2.46. The summed E-state index contributed by atoms with van der Waals surface area (Å²) in [5.41, 5.74) is 1.77. The van der Waals surface area contributed by atoms with E-state index in [2.05, 4.69) is 18.7 Å². The lowest BCUT2D eigenvalue weighted by Crippen LogP contribution is -2.48. The summed E-state index contributed by atoms with van der Waals surface area (Å²) in [6, 6.07) is 3.10. The number of piperidine rings is 1. The molecule has 1 aromatic carbocycles. The van der Waals surface area contributed by atoms with Crippen molar-refractivity contribution in [1.29, 1.82) is 0 Å². The van der Waals surface area contributed by atoms with Gasteiger partial charge in [0.05, 0.1) is 28.4 Å². The van der Waals surface area contributed by atoms with Gasteiger partial charge in [0, 0.05) is 19.1 Å². The molecule has 1 N–H and O–H groups in total. The summed E-state index contributed by atoms with van der Waals surface area (Å²) in [6.45, 7) is 5.88. The first-order valence-corrected chi connectivity index (χ1v) is 8.29. The number of methoxy groups -OCH3 is 2. The largest absolute Gasteiger partial charge is 0.493 e. The summed E-state index contributed by atoms with van der Waals surface area (Å²) >= 11 is 0. The smallest absolute Gasteiger partial charge is 0.161 e. The van der Waals surface area contributed by atoms with Crippen molar-refractivity contribution in [2.75, 3.05) is 27.2 Å². The first-order chi connectivity index (χ1) is 13.3. The van der Waals surface area contributed by atoms with Crippen LogP contribution in [0.2, 0.25) is 0 Å². The van der Waals surface area contributed by atoms with Crippen LogP contribution in [0.25, 0.3) is 0 Å². The Kier molecular flexibility index (Phi) is 3.08. The summed E-state index contributed by atoms with van der Waals surface area (Å²) in [7, 11) is -5.45. The number of aliphatic hydroxyl groups is 1. The molecular formula is C19H29NO3. The number of hydrogen-bond donors (Lipinski definition) is 1. The van der Waals surface area contributed by atoms with Crippen LogP contribution in [0.15, 0.2) is 12.1 Å². The molecule has 4 heteroatoms. The number of aliphatic hydroxyl groups excluding tert-OH is 1. The highest BCUT2D eigenvalue weighted by atomic mass is 16.6. The van der Waals surface area contributed by atoms with Gasteiger partial charge in [0.25, 0.3) is 0 Å². The maximum atomic E-state index is 10.7. The van der Waals surface area contributed by atoms with Gasteiger partial charge in [-0.2, -0.15) is 0 Å². The third-order valence-corrected chi connectivity index (χ3v) is 5.15. The minimum Gasteiger partial charge on any atom is -0.493 e. The van der Waals surface area contributed by atoms with Crippen LogP contribution < -0.4 is 9.47 Å². The van der Waals surface area contributed by atoms with Gasteiger partial charge in [0.2, 0.25) is 0 Å². The number of nitrogens with zero attached hydrogens (tertiary/aromatic N) is 1. The van der Waals surface area contributed by atoms with Crippen molar-refractivity contribution in [2.24, 2.45) is 11.8 Å². The van der Waals surface area contributed by atoms with Gasteiger partial charge in [0.15, 0.2) is 11.5 Å². The van der Waals surface area contributed by atoms with Crippen molar-refractivity contribution in [1.82, 2.24) is 4.90 Å². The molecule has 1 fully saturated rings. The highest BCUT2D eigenvalue weighted by Crippen LogP contribution is 2.43. The molecule has 23 heavy (non-hydrogen) atoms. The van der Waals surface area contributed by atoms with Gasteiger partial charge in [-0.3, -0.25) is 4.90 Å². The molecule has 3 rings (SSSR count). The number of ether oxygens (including phenoxy) is 2. The molecule has 0 saturated carbocycles. The predicted molar refractivity (Wildman–Crippen MR) is 91.1 cm³/mol. The topological polar surface area (TPSA) is 41.9 Å². The van der Waals surface area contributed by atoms with Gasteiger partial charge < -0.3 is 14.6 Å². The molecular weight excluding hydrogens is 292 g/mol. The van der Waals surface area contributed by atoms with Crippen molar-refractivity contribution in [3.05, 3.63) is 23.3 Å². The number of hydrogen-bond acceptors (Lipinski definition) is 4. The Morgan fingerprint density at radius 1 is 1.30 bits per heavy atom. The molecule has 1 aromatic rings. The van der Waals surface area contributed by atoms with E-state index < -0.39 is 20.2 Å². The van der Waals surface area contributed by atoms with Crippen molar-refractivity contribution >= 4 is 0 Å². The second-order valence-corrected chi connectivity index (χ2v) is 7.16. The van der Waals surface area contributed by atoms with Crippen molar-refractivity contribution in [3.8, 4) is 11.5 Å². The van der Waals surface area contributed by atoms with E-state index >= 15 is 0 Å². The molecule has 3 atom stereocenters. The van der Waals surface area contributed by atoms with Crippen LogP contribution in [0.4, 0.5) is 0 Å². The Labute approximate surface area is 147 Å². The Morgan fingerprint density at radius 2 is 2.04 bits per heavy atom. The van der Waals surface area contributed by atoms with Crippen LogP contribution in [-0.4, -0.2) is 43.3 Å². The van der Waals surface area contributed by atoms with Crippen LogP contribution in [-0.2, 0) is 6.42 Å². The minimum atomic E-state index is -2.73. The zero-order valence-corrected chi connectivity index (χ0v) is 13.7. The average Bonchev–Trinajstić information content (AvgIpc) is 2.53. The first kappa shape index (κ1) is 10.6. The van der Waals surface area contributed by atoms with Crippen LogP contribution in [0.3, 0.4) is 0 Å². The highest BCUT2D eigenvalue weighted by molar-refractivity contribution is 5.49. The molecule has 2 heterocycles.